The maximum absolute atomic E-state index is 14.1. The van der Waals surface area contributed by atoms with Crippen LogP contribution < -0.4 is 20.7 Å². The van der Waals surface area contributed by atoms with Gasteiger partial charge in [0, 0.05) is 42.0 Å². The molecule has 0 fully saturated rings. The number of nitrogens with one attached hydrogen (secondary N) is 1. The first-order valence-electron chi connectivity index (χ1n) is 14.2. The van der Waals surface area contributed by atoms with Crippen LogP contribution in [0.2, 0.25) is 0 Å². The van der Waals surface area contributed by atoms with Crippen molar-refractivity contribution in [3.8, 4) is 22.7 Å². The van der Waals surface area contributed by atoms with E-state index in [0.717, 1.165) is 5.56 Å². The number of halogens is 6. The number of nitrogens with zero attached hydrogens (tertiary/aromatic N) is 3. The average Bonchev–Trinajstić information content (AvgIpc) is 3.33. The topological polar surface area (TPSA) is 85.4 Å². The van der Waals surface area contributed by atoms with Crippen LogP contribution >= 0.6 is 0 Å². The predicted molar refractivity (Wildman–Crippen MR) is 158 cm³/mol. The number of aromatic nitrogens is 2. The highest BCUT2D eigenvalue weighted by Crippen LogP contribution is 2.43. The van der Waals surface area contributed by atoms with Crippen LogP contribution in [0.4, 0.5) is 42.5 Å². The lowest BCUT2D eigenvalue weighted by Gasteiger charge is -2.31. The van der Waals surface area contributed by atoms with Crippen LogP contribution in [0.25, 0.3) is 16.9 Å². The summed E-state index contributed by atoms with van der Waals surface area (Å²) in [4.78, 5) is 12.7. The van der Waals surface area contributed by atoms with Gasteiger partial charge in [0.05, 0.1) is 29.1 Å². The number of para-hydroxylation sites is 1. The fourth-order valence-electron chi connectivity index (χ4n) is 5.38. The van der Waals surface area contributed by atoms with E-state index in [9.17, 15) is 31.1 Å². The average molecular weight is 632 g/mol. The van der Waals surface area contributed by atoms with E-state index in [1.165, 1.54) is 4.90 Å². The highest BCUT2D eigenvalue weighted by Gasteiger charge is 2.39. The van der Waals surface area contributed by atoms with Crippen molar-refractivity contribution in [3.05, 3.63) is 88.6 Å². The summed E-state index contributed by atoms with van der Waals surface area (Å²) in [5.41, 5.74) is 6.53. The minimum absolute atomic E-state index is 0.0137. The molecule has 0 atom stereocenters. The molecule has 1 aliphatic rings. The van der Waals surface area contributed by atoms with Crippen molar-refractivity contribution < 1.29 is 35.9 Å². The summed E-state index contributed by atoms with van der Waals surface area (Å²) in [6, 6.07) is 12.9. The van der Waals surface area contributed by atoms with Gasteiger partial charge in [-0.25, -0.2) is 9.48 Å². The molecule has 4 aromatic rings. The molecular weight excluding hydrogens is 600 g/mol. The van der Waals surface area contributed by atoms with Crippen molar-refractivity contribution in [2.24, 2.45) is 11.7 Å². The summed E-state index contributed by atoms with van der Waals surface area (Å²) < 4.78 is 90.9. The molecule has 0 spiro atoms. The zero-order valence-corrected chi connectivity index (χ0v) is 24.7. The van der Waals surface area contributed by atoms with Gasteiger partial charge < -0.3 is 20.7 Å². The lowest BCUT2D eigenvalue weighted by molar-refractivity contribution is -0.141. The molecule has 7 nitrogen and oxygen atoms in total. The maximum atomic E-state index is 14.1. The Hall–Kier alpha value is -4.68. The first-order valence-corrected chi connectivity index (χ1v) is 14.2. The fraction of sp³-hybridized carbons (Fsp3) is 0.312. The third-order valence-electron chi connectivity index (χ3n) is 7.42. The molecule has 0 unspecified atom stereocenters. The number of fused-ring (bicyclic) bond motifs is 1. The Balaban J connectivity index is 1.69. The lowest BCUT2D eigenvalue weighted by Crippen LogP contribution is -2.32. The van der Waals surface area contributed by atoms with E-state index in [1.807, 2.05) is 32.9 Å². The van der Waals surface area contributed by atoms with Gasteiger partial charge in [0.15, 0.2) is 0 Å². The zero-order valence-electron chi connectivity index (χ0n) is 24.7. The third-order valence-corrected chi connectivity index (χ3v) is 7.42. The second-order valence-electron chi connectivity index (χ2n) is 11.3. The Morgan fingerprint density at radius 1 is 1.02 bits per heavy atom. The summed E-state index contributed by atoms with van der Waals surface area (Å²) in [5, 5.41) is 7.38. The number of rotatable bonds is 7. The number of hydrogen-bond donors (Lipinski definition) is 2. The molecule has 3 N–H and O–H groups in total. The molecule has 0 saturated carbocycles. The van der Waals surface area contributed by atoms with Crippen LogP contribution in [-0.2, 0) is 25.3 Å². The second kappa shape index (κ2) is 12.0. The number of urea groups is 1. The highest BCUT2D eigenvalue weighted by molar-refractivity contribution is 5.88. The maximum Gasteiger partial charge on any atom is 0.418 e. The number of carbonyl (C=O) groups excluding carboxylic acids is 1. The quantitative estimate of drug-likeness (QED) is 0.203. The number of primary amides is 1. The first-order chi connectivity index (χ1) is 21.1. The Morgan fingerprint density at radius 2 is 1.73 bits per heavy atom. The number of aryl methyl sites for hydroxylation is 1. The van der Waals surface area contributed by atoms with Gasteiger partial charge in [-0.2, -0.15) is 31.4 Å². The van der Waals surface area contributed by atoms with Crippen LogP contribution in [-0.4, -0.2) is 29.0 Å². The number of anilines is 2. The predicted octanol–water partition coefficient (Wildman–Crippen LogP) is 7.97. The van der Waals surface area contributed by atoms with Gasteiger partial charge in [-0.15, -0.1) is 0 Å². The zero-order chi connectivity index (χ0) is 32.7. The van der Waals surface area contributed by atoms with Crippen molar-refractivity contribution in [3.63, 3.8) is 0 Å². The molecule has 0 radical (unpaired) electrons. The van der Waals surface area contributed by atoms with Crippen molar-refractivity contribution >= 4 is 17.4 Å². The molecule has 3 aromatic carbocycles. The van der Waals surface area contributed by atoms with E-state index in [4.69, 9.17) is 15.6 Å². The Kier molecular flexibility index (Phi) is 8.47. The molecule has 238 valence electrons. The first kappa shape index (κ1) is 31.7. The van der Waals surface area contributed by atoms with Crippen LogP contribution in [0, 0.1) is 12.8 Å². The van der Waals surface area contributed by atoms with Gasteiger partial charge in [0.2, 0.25) is 0 Å². The lowest BCUT2D eigenvalue weighted by atomic mass is 9.98. The van der Waals surface area contributed by atoms with E-state index in [1.54, 1.807) is 35.0 Å². The Morgan fingerprint density at radius 3 is 2.36 bits per heavy atom. The standard InChI is InChI=1S/C32H31F6N5O2/c1-18(2)17-45-27-6-4-5-19(3)28(27)43-29(20-7-10-22(11-8-20)40-30(39)44)23-16-42(14-13-25(23)41-43)26-15-21(31(33,34)35)9-12-24(26)32(36,37)38/h4-12,15,18H,13-14,16-17H2,1-3H3,(H3,39,40,44). The number of benzene rings is 3. The molecule has 2 heterocycles. The molecule has 1 aliphatic heterocycles. The van der Waals surface area contributed by atoms with E-state index in [0.29, 0.717) is 64.4 Å². The van der Waals surface area contributed by atoms with Crippen molar-refractivity contribution in [2.75, 3.05) is 23.4 Å². The largest absolute Gasteiger partial charge is 0.491 e. The summed E-state index contributed by atoms with van der Waals surface area (Å²) in [7, 11) is 0. The number of nitrogens with two attached hydrogens (primary N) is 1. The minimum Gasteiger partial charge on any atom is -0.491 e. The van der Waals surface area contributed by atoms with E-state index >= 15 is 0 Å². The molecule has 45 heavy (non-hydrogen) atoms. The van der Waals surface area contributed by atoms with E-state index in [-0.39, 0.29) is 25.4 Å². The summed E-state index contributed by atoms with van der Waals surface area (Å²) in [5.74, 6) is 0.767. The SMILES string of the molecule is Cc1cccc(OCC(C)C)c1-n1nc2c(c1-c1ccc(NC(N)=O)cc1)CN(c1cc(C(F)(F)F)ccc1C(F)(F)F)CC2. The van der Waals surface area contributed by atoms with Crippen molar-refractivity contribution in [1.29, 1.82) is 0 Å². The van der Waals surface area contributed by atoms with Crippen LogP contribution in [0.15, 0.2) is 60.7 Å². The molecule has 13 heteroatoms. The molecule has 0 aliphatic carbocycles. The number of alkyl halides is 6. The number of carbonyl (C=O) groups is 1. The van der Waals surface area contributed by atoms with Gasteiger partial charge in [-0.05, 0) is 54.8 Å². The van der Waals surface area contributed by atoms with Crippen molar-refractivity contribution in [1.82, 2.24) is 9.78 Å². The third kappa shape index (κ3) is 6.71. The number of amides is 2. The summed E-state index contributed by atoms with van der Waals surface area (Å²) >= 11 is 0. The van der Waals surface area contributed by atoms with Gasteiger partial charge in [-0.3, -0.25) is 0 Å². The van der Waals surface area contributed by atoms with Gasteiger partial charge >= 0.3 is 18.4 Å². The van der Waals surface area contributed by atoms with Crippen molar-refractivity contribution in [2.45, 2.75) is 46.1 Å². The van der Waals surface area contributed by atoms with Gasteiger partial charge in [0.25, 0.3) is 0 Å². The normalized spacial score (nSPS) is 13.6. The Bertz CT molecular complexity index is 1710. The molecule has 1 aromatic heterocycles. The van der Waals surface area contributed by atoms with Crippen LogP contribution in [0.3, 0.4) is 0 Å². The number of hydrogen-bond acceptors (Lipinski definition) is 4. The van der Waals surface area contributed by atoms with Crippen LogP contribution in [0.1, 0.15) is 41.8 Å². The van der Waals surface area contributed by atoms with E-state index in [2.05, 4.69) is 5.32 Å². The van der Waals surface area contributed by atoms with Crippen LogP contribution in [0.5, 0.6) is 5.75 Å². The monoisotopic (exact) mass is 631 g/mol. The molecule has 5 rings (SSSR count). The van der Waals surface area contributed by atoms with Gasteiger partial charge in [-0.1, -0.05) is 38.1 Å². The smallest absolute Gasteiger partial charge is 0.418 e. The summed E-state index contributed by atoms with van der Waals surface area (Å²) in [6.45, 7) is 6.19. The highest BCUT2D eigenvalue weighted by atomic mass is 19.4. The molecule has 0 bridgehead atoms. The summed E-state index contributed by atoms with van der Waals surface area (Å²) in [6.07, 6.45) is -9.52. The molecular formula is C32H31F6N5O2. The van der Waals surface area contributed by atoms with E-state index < -0.39 is 35.2 Å². The fourth-order valence-corrected chi connectivity index (χ4v) is 5.38. The van der Waals surface area contributed by atoms with Gasteiger partial charge in [0.1, 0.15) is 11.4 Å². The number of ether oxygens (including phenoxy) is 1. The minimum atomic E-state index is -4.88. The molecule has 0 saturated heterocycles. The second-order valence-corrected chi connectivity index (χ2v) is 11.3. The Labute approximate surface area is 255 Å². The molecule has 2 amide bonds.